The van der Waals surface area contributed by atoms with Crippen molar-refractivity contribution < 1.29 is 32.7 Å². The van der Waals surface area contributed by atoms with Gasteiger partial charge in [-0.1, -0.05) is 12.8 Å². The molecule has 2 saturated heterocycles. The molecule has 2 aliphatic heterocycles. The number of carboxylic acid groups (broad SMARTS) is 1. The summed E-state index contributed by atoms with van der Waals surface area (Å²) in [7, 11) is 0. The van der Waals surface area contributed by atoms with E-state index in [1.54, 1.807) is 0 Å². The minimum atomic E-state index is -4.50. The van der Waals surface area contributed by atoms with Crippen LogP contribution >= 0.6 is 0 Å². The largest absolute Gasteiger partial charge is 0.480 e. The lowest BCUT2D eigenvalue weighted by molar-refractivity contribution is -0.151. The van der Waals surface area contributed by atoms with E-state index in [-0.39, 0.29) is 11.6 Å². The van der Waals surface area contributed by atoms with Crippen molar-refractivity contribution in [1.29, 1.82) is 0 Å². The number of amides is 2. The number of rotatable bonds is 3. The molecule has 2 fully saturated rings. The molecule has 0 spiro atoms. The van der Waals surface area contributed by atoms with E-state index in [0.29, 0.717) is 25.7 Å². The summed E-state index contributed by atoms with van der Waals surface area (Å²) < 4.78 is 38.0. The number of nitrogens with zero attached hydrogens (tertiary/aromatic N) is 1. The van der Waals surface area contributed by atoms with Crippen molar-refractivity contribution in [3.8, 4) is 0 Å². The lowest BCUT2D eigenvalue weighted by atomic mass is 9.98. The first-order valence-electron chi connectivity index (χ1n) is 9.21. The maximum absolute atomic E-state index is 12.9. The lowest BCUT2D eigenvalue weighted by Gasteiger charge is -2.34. The summed E-state index contributed by atoms with van der Waals surface area (Å²) in [5.41, 5.74) is -0.856. The van der Waals surface area contributed by atoms with Crippen molar-refractivity contribution in [2.24, 2.45) is 0 Å². The van der Waals surface area contributed by atoms with Gasteiger partial charge in [0.1, 0.15) is 12.1 Å². The van der Waals surface area contributed by atoms with Crippen molar-refractivity contribution in [2.75, 3.05) is 0 Å². The number of halogens is 3. The Morgan fingerprint density at radius 1 is 1.04 bits per heavy atom. The highest BCUT2D eigenvalue weighted by Gasteiger charge is 2.43. The molecule has 3 atom stereocenters. The second-order valence-electron chi connectivity index (χ2n) is 7.22. The van der Waals surface area contributed by atoms with Gasteiger partial charge < -0.3 is 15.3 Å². The van der Waals surface area contributed by atoms with Crippen LogP contribution in [-0.4, -0.2) is 45.9 Å². The predicted molar refractivity (Wildman–Crippen MR) is 92.5 cm³/mol. The number of hydrogen-bond acceptors (Lipinski definition) is 3. The molecule has 0 bridgehead atoms. The molecule has 0 aliphatic carbocycles. The minimum Gasteiger partial charge on any atom is -0.480 e. The normalized spacial score (nSPS) is 25.6. The third kappa shape index (κ3) is 4.13. The van der Waals surface area contributed by atoms with Crippen LogP contribution in [0, 0.1) is 0 Å². The van der Waals surface area contributed by atoms with Crippen LogP contribution in [0.2, 0.25) is 0 Å². The fraction of sp³-hybridized carbons (Fsp3) is 0.526. The number of carbonyl (C=O) groups excluding carboxylic acids is 2. The van der Waals surface area contributed by atoms with Crippen LogP contribution in [0.5, 0.6) is 0 Å². The molecule has 3 rings (SSSR count). The zero-order valence-electron chi connectivity index (χ0n) is 15.0. The Hall–Kier alpha value is -2.58. The summed E-state index contributed by atoms with van der Waals surface area (Å²) in [6, 6.07) is 1.80. The number of alkyl halides is 3. The second kappa shape index (κ2) is 7.81. The second-order valence-corrected chi connectivity index (χ2v) is 7.22. The summed E-state index contributed by atoms with van der Waals surface area (Å²) in [6.07, 6.45) is -0.899. The molecule has 0 saturated carbocycles. The van der Waals surface area contributed by atoms with Crippen LogP contribution in [0.3, 0.4) is 0 Å². The first-order chi connectivity index (χ1) is 13.2. The number of aliphatic carboxylic acids is 1. The summed E-state index contributed by atoms with van der Waals surface area (Å²) in [5.74, 6) is -2.16. The van der Waals surface area contributed by atoms with Gasteiger partial charge in [0.2, 0.25) is 5.91 Å². The van der Waals surface area contributed by atoms with Crippen LogP contribution in [-0.2, 0) is 15.8 Å². The monoisotopic (exact) mass is 398 g/mol. The van der Waals surface area contributed by atoms with E-state index in [0.717, 1.165) is 37.1 Å². The summed E-state index contributed by atoms with van der Waals surface area (Å²) in [4.78, 5) is 38.3. The Bertz CT molecular complexity index is 763. The molecule has 1 aromatic carbocycles. The molecule has 2 amide bonds. The molecule has 0 unspecified atom stereocenters. The van der Waals surface area contributed by atoms with E-state index in [1.807, 2.05) is 0 Å². The molecule has 9 heteroatoms. The fourth-order valence-electron chi connectivity index (χ4n) is 3.96. The van der Waals surface area contributed by atoms with E-state index in [4.69, 9.17) is 0 Å². The van der Waals surface area contributed by atoms with Crippen LogP contribution < -0.4 is 5.32 Å². The van der Waals surface area contributed by atoms with Crippen LogP contribution in [0.4, 0.5) is 13.2 Å². The highest BCUT2D eigenvalue weighted by molar-refractivity contribution is 5.98. The van der Waals surface area contributed by atoms with Crippen molar-refractivity contribution >= 4 is 17.8 Å². The Labute approximate surface area is 159 Å². The highest BCUT2D eigenvalue weighted by atomic mass is 19.4. The van der Waals surface area contributed by atoms with Gasteiger partial charge in [-0.25, -0.2) is 4.79 Å². The Morgan fingerprint density at radius 2 is 1.68 bits per heavy atom. The molecule has 2 aliphatic rings. The topological polar surface area (TPSA) is 86.7 Å². The number of nitrogens with one attached hydrogen (secondary N) is 1. The number of carboxylic acids is 1. The first kappa shape index (κ1) is 20.2. The molecule has 152 valence electrons. The Balaban J connectivity index is 1.75. The molecule has 0 aromatic heterocycles. The molecular weight excluding hydrogens is 377 g/mol. The van der Waals surface area contributed by atoms with Gasteiger partial charge in [0, 0.05) is 11.6 Å². The first-order valence-corrected chi connectivity index (χ1v) is 9.21. The summed E-state index contributed by atoms with van der Waals surface area (Å²) in [5, 5.41) is 12.0. The zero-order chi connectivity index (χ0) is 20.5. The molecular formula is C19H21F3N2O4. The SMILES string of the molecule is O=C(N[C@H]1CCCC[C@H]2CC[C@@H](C(=O)O)N2C1=O)c1ccc(C(F)(F)F)cc1. The molecule has 0 radical (unpaired) electrons. The summed E-state index contributed by atoms with van der Waals surface area (Å²) in [6.45, 7) is 0. The van der Waals surface area contributed by atoms with Gasteiger partial charge in [0.05, 0.1) is 5.56 Å². The van der Waals surface area contributed by atoms with E-state index < -0.39 is 41.6 Å². The average Bonchev–Trinajstić information content (AvgIpc) is 3.05. The van der Waals surface area contributed by atoms with Gasteiger partial charge in [0.25, 0.3) is 5.91 Å². The lowest BCUT2D eigenvalue weighted by Crippen LogP contribution is -2.54. The molecule has 2 heterocycles. The quantitative estimate of drug-likeness (QED) is 0.820. The number of benzene rings is 1. The average molecular weight is 398 g/mol. The van der Waals surface area contributed by atoms with Gasteiger partial charge >= 0.3 is 12.1 Å². The number of hydrogen-bond donors (Lipinski definition) is 2. The van der Waals surface area contributed by atoms with E-state index >= 15 is 0 Å². The molecule has 1 aromatic rings. The zero-order valence-corrected chi connectivity index (χ0v) is 15.0. The molecule has 28 heavy (non-hydrogen) atoms. The van der Waals surface area contributed by atoms with E-state index in [2.05, 4.69) is 5.32 Å². The fourth-order valence-corrected chi connectivity index (χ4v) is 3.96. The maximum atomic E-state index is 12.9. The van der Waals surface area contributed by atoms with Gasteiger partial charge in [-0.05, 0) is 49.9 Å². The van der Waals surface area contributed by atoms with Crippen molar-refractivity contribution in [3.63, 3.8) is 0 Å². The minimum absolute atomic E-state index is 0.00983. The Kier molecular flexibility index (Phi) is 5.62. The van der Waals surface area contributed by atoms with E-state index in [9.17, 15) is 32.7 Å². The van der Waals surface area contributed by atoms with Gasteiger partial charge in [-0.15, -0.1) is 0 Å². The Morgan fingerprint density at radius 3 is 2.29 bits per heavy atom. The predicted octanol–water partition coefficient (Wildman–Crippen LogP) is 2.82. The third-order valence-corrected chi connectivity index (χ3v) is 5.40. The van der Waals surface area contributed by atoms with Gasteiger partial charge in [-0.2, -0.15) is 13.2 Å². The van der Waals surface area contributed by atoms with Gasteiger partial charge in [0.15, 0.2) is 0 Å². The van der Waals surface area contributed by atoms with Crippen molar-refractivity contribution in [2.45, 2.75) is 62.8 Å². The number of carbonyl (C=O) groups is 3. The van der Waals surface area contributed by atoms with Crippen LogP contribution in [0.25, 0.3) is 0 Å². The third-order valence-electron chi connectivity index (χ3n) is 5.40. The number of fused-ring (bicyclic) bond motifs is 1. The highest BCUT2D eigenvalue weighted by Crippen LogP contribution is 2.32. The standard InChI is InChI=1S/C19H21F3N2O4/c20-19(21,22)12-7-5-11(6-8-12)16(25)23-14-4-2-1-3-13-9-10-15(18(27)28)24(13)17(14)26/h5-8,13-15H,1-4,9-10H2,(H,23,25)(H,27,28)/t13-,14-,15-/m0/s1. The van der Waals surface area contributed by atoms with Crippen LogP contribution in [0.15, 0.2) is 24.3 Å². The maximum Gasteiger partial charge on any atom is 0.416 e. The van der Waals surface area contributed by atoms with Crippen molar-refractivity contribution in [1.82, 2.24) is 10.2 Å². The van der Waals surface area contributed by atoms with Crippen molar-refractivity contribution in [3.05, 3.63) is 35.4 Å². The smallest absolute Gasteiger partial charge is 0.416 e. The summed E-state index contributed by atoms with van der Waals surface area (Å²) >= 11 is 0. The van der Waals surface area contributed by atoms with Crippen LogP contribution in [0.1, 0.15) is 54.4 Å². The molecule has 6 nitrogen and oxygen atoms in total. The van der Waals surface area contributed by atoms with Gasteiger partial charge in [-0.3, -0.25) is 9.59 Å². The molecule has 2 N–H and O–H groups in total. The van der Waals surface area contributed by atoms with E-state index in [1.165, 1.54) is 4.90 Å².